The average molecular weight is 515 g/mol. The van der Waals surface area contributed by atoms with Crippen molar-refractivity contribution in [3.63, 3.8) is 0 Å². The second-order valence-corrected chi connectivity index (χ2v) is 10.5. The van der Waals surface area contributed by atoms with Gasteiger partial charge in [0.25, 0.3) is 15.9 Å². The predicted octanol–water partition coefficient (Wildman–Crippen LogP) is 4.91. The molecule has 0 bridgehead atoms. The van der Waals surface area contributed by atoms with Gasteiger partial charge < -0.3 is 10.1 Å². The Morgan fingerprint density at radius 2 is 1.60 bits per heavy atom. The normalized spacial score (nSPS) is 12.1. The van der Waals surface area contributed by atoms with Crippen LogP contribution >= 0.6 is 11.6 Å². The molecule has 7 nitrogen and oxygen atoms in total. The highest BCUT2D eigenvalue weighted by Gasteiger charge is 2.21. The number of ketones is 1. The molecule has 3 rings (SSSR count). The number of ether oxygens (including phenoxy) is 1. The number of anilines is 1. The zero-order chi connectivity index (χ0) is 25.6. The fourth-order valence-electron chi connectivity index (χ4n) is 3.15. The van der Waals surface area contributed by atoms with Crippen LogP contribution in [0.1, 0.15) is 36.7 Å². The lowest BCUT2D eigenvalue weighted by molar-refractivity contribution is -0.127. The van der Waals surface area contributed by atoms with Crippen molar-refractivity contribution in [1.29, 1.82) is 0 Å². The molecule has 184 valence electrons. The number of hydrogen-bond acceptors (Lipinski definition) is 5. The van der Waals surface area contributed by atoms with Crippen molar-refractivity contribution in [2.75, 3.05) is 11.3 Å². The molecule has 0 saturated carbocycles. The van der Waals surface area contributed by atoms with Gasteiger partial charge in [-0.1, -0.05) is 55.8 Å². The molecule has 2 N–H and O–H groups in total. The molecule has 9 heteroatoms. The van der Waals surface area contributed by atoms with Gasteiger partial charge in [0.05, 0.1) is 10.6 Å². The SMILES string of the molecule is CC(C)CNC(=O)[C@@H](C)Oc1ccc(S(=O)(=O)Nc2ccc(Cl)cc2C(=O)c2ccccc2)cc1. The first-order valence-corrected chi connectivity index (χ1v) is 12.9. The molecule has 1 amide bonds. The van der Waals surface area contributed by atoms with Gasteiger partial charge in [-0.3, -0.25) is 14.3 Å². The van der Waals surface area contributed by atoms with E-state index < -0.39 is 16.1 Å². The molecule has 35 heavy (non-hydrogen) atoms. The van der Waals surface area contributed by atoms with E-state index in [4.69, 9.17) is 16.3 Å². The van der Waals surface area contributed by atoms with E-state index in [-0.39, 0.29) is 27.8 Å². The van der Waals surface area contributed by atoms with Gasteiger partial charge in [0.2, 0.25) is 0 Å². The maximum Gasteiger partial charge on any atom is 0.261 e. The van der Waals surface area contributed by atoms with Crippen molar-refractivity contribution < 1.29 is 22.7 Å². The maximum atomic E-state index is 13.0. The molecule has 1 atom stereocenters. The van der Waals surface area contributed by atoms with Crippen LogP contribution in [0.2, 0.25) is 5.02 Å². The monoisotopic (exact) mass is 514 g/mol. The Labute approximate surface area is 210 Å². The molecule has 0 aliphatic carbocycles. The molecular weight excluding hydrogens is 488 g/mol. The third kappa shape index (κ3) is 7.07. The molecule has 0 radical (unpaired) electrons. The Morgan fingerprint density at radius 3 is 2.23 bits per heavy atom. The summed E-state index contributed by atoms with van der Waals surface area (Å²) in [5.74, 6) is 0.0459. The highest BCUT2D eigenvalue weighted by Crippen LogP contribution is 2.27. The van der Waals surface area contributed by atoms with Crippen molar-refractivity contribution >= 4 is 39.0 Å². The summed E-state index contributed by atoms with van der Waals surface area (Å²) in [4.78, 5) is 25.1. The largest absolute Gasteiger partial charge is 0.481 e. The first-order valence-electron chi connectivity index (χ1n) is 11.0. The van der Waals surface area contributed by atoms with Crippen LogP contribution in [0.15, 0.2) is 77.7 Å². The van der Waals surface area contributed by atoms with Crippen LogP contribution in [0, 0.1) is 5.92 Å². The number of rotatable bonds is 10. The first-order chi connectivity index (χ1) is 16.6. The summed E-state index contributed by atoms with van der Waals surface area (Å²) < 4.78 is 34.2. The quantitative estimate of drug-likeness (QED) is 0.374. The third-order valence-electron chi connectivity index (χ3n) is 5.01. The molecule has 0 fully saturated rings. The topological polar surface area (TPSA) is 102 Å². The van der Waals surface area contributed by atoms with Crippen molar-refractivity contribution in [3.8, 4) is 5.75 Å². The minimum absolute atomic E-state index is 0.0326. The molecule has 0 aromatic heterocycles. The van der Waals surface area contributed by atoms with Gasteiger partial charge in [-0.05, 0) is 55.3 Å². The van der Waals surface area contributed by atoms with Gasteiger partial charge >= 0.3 is 0 Å². The molecule has 3 aromatic carbocycles. The van der Waals surface area contributed by atoms with E-state index in [0.717, 1.165) is 0 Å². The Hall–Kier alpha value is -3.36. The molecular formula is C26H27ClN2O5S. The van der Waals surface area contributed by atoms with E-state index in [1.165, 1.54) is 42.5 Å². The van der Waals surface area contributed by atoms with Crippen molar-refractivity contribution in [1.82, 2.24) is 5.32 Å². The van der Waals surface area contributed by atoms with Crippen LogP contribution in [0.25, 0.3) is 0 Å². The average Bonchev–Trinajstić information content (AvgIpc) is 2.83. The van der Waals surface area contributed by atoms with Crippen LogP contribution in [-0.2, 0) is 14.8 Å². The lowest BCUT2D eigenvalue weighted by Gasteiger charge is -2.16. The summed E-state index contributed by atoms with van der Waals surface area (Å²) in [6.45, 7) is 6.13. The summed E-state index contributed by atoms with van der Waals surface area (Å²) in [5, 5.41) is 3.09. The summed E-state index contributed by atoms with van der Waals surface area (Å²) >= 11 is 6.08. The Balaban J connectivity index is 1.77. The van der Waals surface area contributed by atoms with Crippen LogP contribution in [0.3, 0.4) is 0 Å². The van der Waals surface area contributed by atoms with Crippen LogP contribution in [0.4, 0.5) is 5.69 Å². The van der Waals surface area contributed by atoms with Crippen molar-refractivity contribution in [2.24, 2.45) is 5.92 Å². The third-order valence-corrected chi connectivity index (χ3v) is 6.62. The number of amides is 1. The summed E-state index contributed by atoms with van der Waals surface area (Å²) in [5.41, 5.74) is 0.649. The van der Waals surface area contributed by atoms with E-state index in [0.29, 0.717) is 28.8 Å². The van der Waals surface area contributed by atoms with Gasteiger partial charge in [-0.25, -0.2) is 8.42 Å². The second-order valence-electron chi connectivity index (χ2n) is 8.36. The number of carbonyl (C=O) groups excluding carboxylic acids is 2. The number of nitrogens with one attached hydrogen (secondary N) is 2. The highest BCUT2D eigenvalue weighted by molar-refractivity contribution is 7.92. The predicted molar refractivity (Wildman–Crippen MR) is 137 cm³/mol. The van der Waals surface area contributed by atoms with E-state index in [2.05, 4.69) is 10.0 Å². The number of halogens is 1. The molecule has 0 aliphatic rings. The van der Waals surface area contributed by atoms with Crippen LogP contribution < -0.4 is 14.8 Å². The van der Waals surface area contributed by atoms with Gasteiger partial charge in [-0.2, -0.15) is 0 Å². The molecule has 0 spiro atoms. The zero-order valence-corrected chi connectivity index (χ0v) is 21.2. The van der Waals surface area contributed by atoms with Gasteiger partial charge in [0, 0.05) is 22.7 Å². The molecule has 3 aromatic rings. The Morgan fingerprint density at radius 1 is 0.943 bits per heavy atom. The smallest absolute Gasteiger partial charge is 0.261 e. The highest BCUT2D eigenvalue weighted by atomic mass is 35.5. The standard InChI is InChI=1S/C26H27ClN2O5S/c1-17(2)16-28-26(31)18(3)34-21-10-12-22(13-11-21)35(32,33)29-24-14-9-20(27)15-23(24)25(30)19-7-5-4-6-8-19/h4-15,17-18,29H,16H2,1-3H3,(H,28,31)/t18-/m1/s1. The van der Waals surface area contributed by atoms with E-state index in [1.807, 2.05) is 13.8 Å². The maximum absolute atomic E-state index is 13.0. The summed E-state index contributed by atoms with van der Waals surface area (Å²) in [6.07, 6.45) is -0.741. The first kappa shape index (κ1) is 26.2. The van der Waals surface area contributed by atoms with E-state index >= 15 is 0 Å². The van der Waals surface area contributed by atoms with Crippen molar-refractivity contribution in [3.05, 3.63) is 88.9 Å². The molecule has 0 saturated heterocycles. The fraction of sp³-hybridized carbons (Fsp3) is 0.231. The number of sulfonamides is 1. The van der Waals surface area contributed by atoms with E-state index in [1.54, 1.807) is 37.3 Å². The number of hydrogen-bond donors (Lipinski definition) is 2. The minimum atomic E-state index is -4.02. The Kier molecular flexibility index (Phi) is 8.53. The van der Waals surface area contributed by atoms with Crippen molar-refractivity contribution in [2.45, 2.75) is 31.8 Å². The lowest BCUT2D eigenvalue weighted by atomic mass is 10.0. The van der Waals surface area contributed by atoms with E-state index in [9.17, 15) is 18.0 Å². The number of benzene rings is 3. The summed E-state index contributed by atoms with van der Waals surface area (Å²) in [7, 11) is -4.02. The minimum Gasteiger partial charge on any atom is -0.481 e. The molecule has 0 unspecified atom stereocenters. The molecule has 0 aliphatic heterocycles. The molecule has 0 heterocycles. The Bertz CT molecular complexity index is 1290. The van der Waals surface area contributed by atoms with Crippen LogP contribution in [0.5, 0.6) is 5.75 Å². The fourth-order valence-corrected chi connectivity index (χ4v) is 4.40. The number of carbonyl (C=O) groups is 2. The van der Waals surface area contributed by atoms with Gasteiger partial charge in [-0.15, -0.1) is 0 Å². The van der Waals surface area contributed by atoms with Crippen LogP contribution in [-0.4, -0.2) is 32.8 Å². The zero-order valence-electron chi connectivity index (χ0n) is 19.6. The second kappa shape index (κ2) is 11.4. The summed E-state index contributed by atoms with van der Waals surface area (Å²) in [6, 6.07) is 18.6. The van der Waals surface area contributed by atoms with Gasteiger partial charge in [0.15, 0.2) is 11.9 Å². The van der Waals surface area contributed by atoms with Gasteiger partial charge in [0.1, 0.15) is 5.75 Å². The lowest BCUT2D eigenvalue weighted by Crippen LogP contribution is -2.38.